The summed E-state index contributed by atoms with van der Waals surface area (Å²) >= 11 is 8.16. The first kappa shape index (κ1) is 22.7. The molecule has 0 aliphatic heterocycles. The van der Waals surface area contributed by atoms with Crippen molar-refractivity contribution in [1.82, 2.24) is 20.2 Å². The van der Waals surface area contributed by atoms with Gasteiger partial charge < -0.3 is 4.74 Å². The Bertz CT molecular complexity index is 1370. The van der Waals surface area contributed by atoms with E-state index in [9.17, 15) is 0 Å². The van der Waals surface area contributed by atoms with Crippen molar-refractivity contribution in [2.24, 2.45) is 0 Å². The van der Waals surface area contributed by atoms with Crippen molar-refractivity contribution in [2.75, 3.05) is 6.61 Å². The molecule has 0 saturated carbocycles. The summed E-state index contributed by atoms with van der Waals surface area (Å²) in [6.07, 6.45) is 0. The van der Waals surface area contributed by atoms with Crippen LogP contribution in [-0.2, 0) is 5.75 Å². The number of ether oxygens (including phenoxy) is 1. The lowest BCUT2D eigenvalue weighted by atomic mass is 9.96. The second-order valence-electron chi connectivity index (χ2n) is 8.52. The van der Waals surface area contributed by atoms with E-state index in [4.69, 9.17) is 16.3 Å². The van der Waals surface area contributed by atoms with E-state index < -0.39 is 0 Å². The highest BCUT2D eigenvalue weighted by Crippen LogP contribution is 2.42. The van der Waals surface area contributed by atoms with E-state index in [1.807, 2.05) is 48.5 Å². The summed E-state index contributed by atoms with van der Waals surface area (Å²) in [5.74, 6) is 1.65. The van der Waals surface area contributed by atoms with Crippen LogP contribution in [0.2, 0.25) is 5.02 Å². The second kappa shape index (κ2) is 9.65. The number of aryl methyl sites for hydroxylation is 1. The normalized spacial score (nSPS) is 15.0. The monoisotopic (exact) mass is 488 g/mol. The topological polar surface area (TPSA) is 52.8 Å². The highest BCUT2D eigenvalue weighted by atomic mass is 35.5. The number of aromatic nitrogens is 4. The summed E-state index contributed by atoms with van der Waals surface area (Å²) in [6.45, 7) is 7.10. The van der Waals surface area contributed by atoms with E-state index in [2.05, 4.69) is 54.5 Å². The molecule has 1 aromatic heterocycles. The molecule has 0 radical (unpaired) electrons. The van der Waals surface area contributed by atoms with E-state index in [1.54, 1.807) is 16.4 Å². The number of fused-ring (bicyclic) bond motifs is 1. The number of thioether (sulfide) groups is 1. The Kier molecular flexibility index (Phi) is 6.44. The van der Waals surface area contributed by atoms with Crippen LogP contribution < -0.4 is 4.74 Å². The molecule has 4 aromatic rings. The van der Waals surface area contributed by atoms with Gasteiger partial charge in [-0.15, -0.1) is 5.10 Å². The number of hydrogen-bond donors (Lipinski definition) is 0. The van der Waals surface area contributed by atoms with Crippen LogP contribution in [0.1, 0.15) is 42.0 Å². The van der Waals surface area contributed by atoms with Crippen molar-refractivity contribution in [3.05, 3.63) is 99.6 Å². The molecule has 0 bridgehead atoms. The molecule has 1 aliphatic carbocycles. The lowest BCUT2D eigenvalue weighted by Gasteiger charge is -2.17. The van der Waals surface area contributed by atoms with Crippen molar-refractivity contribution in [3.8, 4) is 11.4 Å². The van der Waals surface area contributed by atoms with Crippen LogP contribution in [-0.4, -0.2) is 26.8 Å². The van der Waals surface area contributed by atoms with Gasteiger partial charge in [0, 0.05) is 11.7 Å². The van der Waals surface area contributed by atoms with Crippen molar-refractivity contribution in [3.63, 3.8) is 0 Å². The zero-order chi connectivity index (χ0) is 23.7. The van der Waals surface area contributed by atoms with E-state index in [-0.39, 0.29) is 5.92 Å². The summed E-state index contributed by atoms with van der Waals surface area (Å²) in [5, 5.41) is 13.4. The number of tetrazole rings is 1. The van der Waals surface area contributed by atoms with Gasteiger partial charge in [-0.2, -0.15) is 4.68 Å². The highest BCUT2D eigenvalue weighted by Gasteiger charge is 2.27. The third-order valence-corrected chi connectivity index (χ3v) is 7.60. The number of halogens is 1. The van der Waals surface area contributed by atoms with Crippen LogP contribution in [0.25, 0.3) is 11.3 Å². The highest BCUT2D eigenvalue weighted by molar-refractivity contribution is 7.98. The molecule has 0 amide bonds. The number of rotatable bonds is 7. The minimum absolute atomic E-state index is 0.249. The van der Waals surface area contributed by atoms with Gasteiger partial charge in [-0.3, -0.25) is 0 Å². The maximum Gasteiger partial charge on any atom is 0.214 e. The van der Waals surface area contributed by atoms with Gasteiger partial charge in [0.25, 0.3) is 0 Å². The molecule has 1 heterocycles. The molecule has 0 fully saturated rings. The molecule has 172 valence electrons. The summed E-state index contributed by atoms with van der Waals surface area (Å²) < 4.78 is 7.94. The summed E-state index contributed by atoms with van der Waals surface area (Å²) in [5.41, 5.74) is 8.67. The molecule has 3 aromatic carbocycles. The van der Waals surface area contributed by atoms with Crippen molar-refractivity contribution < 1.29 is 4.74 Å². The van der Waals surface area contributed by atoms with Gasteiger partial charge in [0.1, 0.15) is 5.75 Å². The maximum atomic E-state index is 6.60. The number of para-hydroxylation sites is 1. The molecular formula is C27H25ClN4OS. The SMILES string of the molecule is CC1=C(C)C(COc2ccc(CSc3nnnn3-c3ccccc3)cc2Cl)c2ccc(C)cc21. The van der Waals surface area contributed by atoms with E-state index in [0.717, 1.165) is 16.4 Å². The summed E-state index contributed by atoms with van der Waals surface area (Å²) in [4.78, 5) is 0. The Hall–Kier alpha value is -3.09. The van der Waals surface area contributed by atoms with Gasteiger partial charge in [0.2, 0.25) is 5.16 Å². The summed E-state index contributed by atoms with van der Waals surface area (Å²) in [7, 11) is 0. The van der Waals surface area contributed by atoms with Crippen LogP contribution >= 0.6 is 23.4 Å². The van der Waals surface area contributed by atoms with Crippen molar-refractivity contribution >= 4 is 28.9 Å². The quantitative estimate of drug-likeness (QED) is 0.265. The van der Waals surface area contributed by atoms with Gasteiger partial charge >= 0.3 is 0 Å². The molecule has 1 aliphatic rings. The standard InChI is InChI=1S/C27H25ClN4OS/c1-17-9-11-22-23(13-17)18(2)19(3)24(22)15-33-26-12-10-20(14-25(26)28)16-34-27-29-30-31-32(27)21-7-5-4-6-8-21/h4-14,24H,15-16H2,1-3H3. The molecule has 34 heavy (non-hydrogen) atoms. The first-order valence-electron chi connectivity index (χ1n) is 11.2. The molecule has 0 spiro atoms. The number of allylic oxidation sites excluding steroid dienone is 1. The van der Waals surface area contributed by atoms with Gasteiger partial charge in [0.05, 0.1) is 17.3 Å². The molecule has 5 rings (SSSR count). The van der Waals surface area contributed by atoms with E-state index >= 15 is 0 Å². The van der Waals surface area contributed by atoms with Crippen LogP contribution in [0, 0.1) is 6.92 Å². The third kappa shape index (κ3) is 4.48. The average Bonchev–Trinajstić information content (AvgIpc) is 3.41. The number of benzene rings is 3. The predicted molar refractivity (Wildman–Crippen MR) is 138 cm³/mol. The second-order valence-corrected chi connectivity index (χ2v) is 9.87. The third-order valence-electron chi connectivity index (χ3n) is 6.31. The molecule has 5 nitrogen and oxygen atoms in total. The maximum absolute atomic E-state index is 6.60. The Morgan fingerprint density at radius 3 is 2.62 bits per heavy atom. The molecule has 1 atom stereocenters. The Morgan fingerprint density at radius 1 is 1.00 bits per heavy atom. The lowest BCUT2D eigenvalue weighted by Crippen LogP contribution is -2.10. The minimum Gasteiger partial charge on any atom is -0.491 e. The first-order valence-corrected chi connectivity index (χ1v) is 12.5. The van der Waals surface area contributed by atoms with Crippen LogP contribution in [0.3, 0.4) is 0 Å². The number of nitrogens with zero attached hydrogens (tertiary/aromatic N) is 4. The first-order chi connectivity index (χ1) is 16.5. The van der Waals surface area contributed by atoms with E-state index in [1.165, 1.54) is 27.8 Å². The lowest BCUT2D eigenvalue weighted by molar-refractivity contribution is 0.303. The van der Waals surface area contributed by atoms with E-state index in [0.29, 0.717) is 23.1 Å². The summed E-state index contributed by atoms with van der Waals surface area (Å²) in [6, 6.07) is 22.5. The Labute approximate surface area is 208 Å². The van der Waals surface area contributed by atoms with Crippen molar-refractivity contribution in [1.29, 1.82) is 0 Å². The minimum atomic E-state index is 0.249. The van der Waals surface area contributed by atoms with Gasteiger partial charge in [-0.25, -0.2) is 0 Å². The van der Waals surface area contributed by atoms with Crippen LogP contribution in [0.15, 0.2) is 77.5 Å². The molecule has 1 unspecified atom stereocenters. The van der Waals surface area contributed by atoms with Gasteiger partial charge in [-0.05, 0) is 77.7 Å². The van der Waals surface area contributed by atoms with Gasteiger partial charge in [-0.1, -0.05) is 77.0 Å². The zero-order valence-electron chi connectivity index (χ0n) is 19.3. The van der Waals surface area contributed by atoms with Gasteiger partial charge in [0.15, 0.2) is 0 Å². The fraction of sp³-hybridized carbons (Fsp3) is 0.222. The zero-order valence-corrected chi connectivity index (χ0v) is 20.9. The smallest absolute Gasteiger partial charge is 0.214 e. The number of hydrogen-bond acceptors (Lipinski definition) is 5. The van der Waals surface area contributed by atoms with Crippen LogP contribution in [0.4, 0.5) is 0 Å². The van der Waals surface area contributed by atoms with Crippen molar-refractivity contribution in [2.45, 2.75) is 37.6 Å². The molecule has 0 saturated heterocycles. The Morgan fingerprint density at radius 2 is 1.82 bits per heavy atom. The largest absolute Gasteiger partial charge is 0.491 e. The fourth-order valence-corrected chi connectivity index (χ4v) is 5.38. The predicted octanol–water partition coefficient (Wildman–Crippen LogP) is 6.89. The van der Waals surface area contributed by atoms with Crippen LogP contribution in [0.5, 0.6) is 5.75 Å². The fourth-order valence-electron chi connectivity index (χ4n) is 4.29. The Balaban J connectivity index is 1.25. The average molecular weight is 489 g/mol. The molecule has 7 heteroatoms. The molecular weight excluding hydrogens is 464 g/mol. The molecule has 0 N–H and O–H groups in total.